The van der Waals surface area contributed by atoms with Crippen LogP contribution in [0.2, 0.25) is 0 Å². The first-order valence-electron chi connectivity index (χ1n) is 13.4. The number of aldehydes is 1. The summed E-state index contributed by atoms with van der Waals surface area (Å²) in [6.45, 7) is 6.55. The van der Waals surface area contributed by atoms with Gasteiger partial charge in [-0.05, 0) is 98.0 Å². The summed E-state index contributed by atoms with van der Waals surface area (Å²) in [5, 5.41) is 0. The Morgan fingerprint density at radius 2 is 1.85 bits per heavy atom. The molecule has 0 radical (unpaired) electrons. The molecule has 0 spiro atoms. The van der Waals surface area contributed by atoms with Crippen LogP contribution in [0.5, 0.6) is 0 Å². The third-order valence-electron chi connectivity index (χ3n) is 11.0. The molecule has 34 heavy (non-hydrogen) atoms. The van der Waals surface area contributed by atoms with Crippen molar-refractivity contribution in [3.63, 3.8) is 0 Å². The molecule has 1 aromatic heterocycles. The molecule has 4 aliphatic carbocycles. The van der Waals surface area contributed by atoms with Crippen LogP contribution in [0.3, 0.4) is 0 Å². The van der Waals surface area contributed by atoms with E-state index in [1.807, 2.05) is 12.4 Å². The number of ether oxygens (including phenoxy) is 1. The maximum Gasteiger partial charge on any atom is 0.302 e. The second-order valence-electron chi connectivity index (χ2n) is 12.3. The van der Waals surface area contributed by atoms with Crippen LogP contribution in [0.25, 0.3) is 11.0 Å². The van der Waals surface area contributed by atoms with E-state index in [2.05, 4.69) is 41.6 Å². The summed E-state index contributed by atoms with van der Waals surface area (Å²) in [5.74, 6) is 2.54. The number of hydrogen-bond donors (Lipinski definition) is 0. The number of fused-ring (bicyclic) bond motifs is 6. The Hall–Kier alpha value is -2.17. The second-order valence-corrected chi connectivity index (χ2v) is 12.3. The molecule has 1 aromatic carbocycles. The summed E-state index contributed by atoms with van der Waals surface area (Å²) < 4.78 is 7.98. The minimum atomic E-state index is -0.139. The molecule has 0 aliphatic heterocycles. The van der Waals surface area contributed by atoms with Crippen molar-refractivity contribution in [3.05, 3.63) is 30.6 Å². The van der Waals surface area contributed by atoms with Gasteiger partial charge < -0.3 is 14.1 Å². The molecule has 2 aromatic rings. The molecule has 4 saturated carbocycles. The average Bonchev–Trinajstić information content (AvgIpc) is 3.36. The van der Waals surface area contributed by atoms with Gasteiger partial charge in [-0.15, -0.1) is 0 Å². The van der Waals surface area contributed by atoms with E-state index in [-0.39, 0.29) is 29.4 Å². The van der Waals surface area contributed by atoms with Crippen LogP contribution in [0, 0.1) is 40.4 Å². The van der Waals surface area contributed by atoms with Crippen LogP contribution >= 0.6 is 0 Å². The number of esters is 1. The quantitative estimate of drug-likeness (QED) is 0.416. The predicted molar refractivity (Wildman–Crippen MR) is 131 cm³/mol. The molecule has 182 valence electrons. The molecule has 4 fully saturated rings. The lowest BCUT2D eigenvalue weighted by Crippen LogP contribution is -2.54. The third-order valence-corrected chi connectivity index (χ3v) is 11.0. The highest BCUT2D eigenvalue weighted by atomic mass is 16.5. The van der Waals surface area contributed by atoms with Crippen LogP contribution in [-0.2, 0) is 14.3 Å². The Balaban J connectivity index is 1.31. The van der Waals surface area contributed by atoms with E-state index < -0.39 is 0 Å². The fourth-order valence-corrected chi connectivity index (χ4v) is 9.48. The average molecular weight is 463 g/mol. The number of nitrogens with zero attached hydrogens (tertiary/aromatic N) is 2. The van der Waals surface area contributed by atoms with Crippen LogP contribution in [-0.4, -0.2) is 27.9 Å². The van der Waals surface area contributed by atoms with Gasteiger partial charge in [-0.2, -0.15) is 0 Å². The lowest BCUT2D eigenvalue weighted by atomic mass is 9.45. The Labute approximate surface area is 202 Å². The molecule has 5 nitrogen and oxygen atoms in total. The van der Waals surface area contributed by atoms with Crippen molar-refractivity contribution in [1.29, 1.82) is 0 Å². The van der Waals surface area contributed by atoms with Crippen molar-refractivity contribution in [2.45, 2.75) is 84.3 Å². The maximum atomic E-state index is 12.4. The van der Waals surface area contributed by atoms with Crippen molar-refractivity contribution >= 4 is 23.3 Å². The molecule has 6 rings (SSSR count). The molecule has 9 atom stereocenters. The largest absolute Gasteiger partial charge is 0.463 e. The highest BCUT2D eigenvalue weighted by Crippen LogP contribution is 2.69. The zero-order chi connectivity index (χ0) is 23.7. The highest BCUT2D eigenvalue weighted by molar-refractivity contribution is 5.75. The van der Waals surface area contributed by atoms with Crippen molar-refractivity contribution in [2.24, 2.45) is 40.4 Å². The van der Waals surface area contributed by atoms with Gasteiger partial charge in [0.15, 0.2) is 0 Å². The Kier molecular flexibility index (Phi) is 5.20. The molecule has 5 heteroatoms. The molecule has 0 N–H and O–H groups in total. The molecule has 5 unspecified atom stereocenters. The zero-order valence-electron chi connectivity index (χ0n) is 20.8. The first-order valence-corrected chi connectivity index (χ1v) is 13.4. The predicted octanol–water partition coefficient (Wildman–Crippen LogP) is 5.98. The molecule has 0 saturated heterocycles. The van der Waals surface area contributed by atoms with Gasteiger partial charge in [-0.1, -0.05) is 26.0 Å². The number of benzene rings is 1. The van der Waals surface area contributed by atoms with Gasteiger partial charge in [0.25, 0.3) is 0 Å². The Bertz CT molecular complexity index is 1110. The van der Waals surface area contributed by atoms with E-state index >= 15 is 0 Å². The van der Waals surface area contributed by atoms with E-state index in [0.717, 1.165) is 36.7 Å². The molecule has 0 bridgehead atoms. The number of rotatable bonds is 3. The van der Waals surface area contributed by atoms with Crippen LogP contribution in [0.15, 0.2) is 30.6 Å². The Morgan fingerprint density at radius 1 is 1.06 bits per heavy atom. The van der Waals surface area contributed by atoms with Gasteiger partial charge in [0.05, 0.1) is 23.4 Å². The lowest BCUT2D eigenvalue weighted by Gasteiger charge is -2.61. The summed E-state index contributed by atoms with van der Waals surface area (Å²) in [5.41, 5.74) is 2.62. The number of imidazole rings is 1. The zero-order valence-corrected chi connectivity index (χ0v) is 20.8. The van der Waals surface area contributed by atoms with E-state index in [1.54, 1.807) is 0 Å². The van der Waals surface area contributed by atoms with Gasteiger partial charge in [0, 0.05) is 12.8 Å². The minimum Gasteiger partial charge on any atom is -0.463 e. The van der Waals surface area contributed by atoms with Crippen molar-refractivity contribution in [3.8, 4) is 0 Å². The molecular formula is C29H38N2O3. The van der Waals surface area contributed by atoms with Crippen molar-refractivity contribution in [1.82, 2.24) is 9.55 Å². The number of para-hydroxylation sites is 2. The lowest BCUT2D eigenvalue weighted by molar-refractivity contribution is -0.159. The highest BCUT2D eigenvalue weighted by Gasteiger charge is 2.63. The molecule has 0 amide bonds. The van der Waals surface area contributed by atoms with E-state index in [4.69, 9.17) is 4.74 Å². The fraction of sp³-hybridized carbons (Fsp3) is 0.690. The van der Waals surface area contributed by atoms with Crippen molar-refractivity contribution < 1.29 is 14.3 Å². The Morgan fingerprint density at radius 3 is 2.65 bits per heavy atom. The summed E-state index contributed by atoms with van der Waals surface area (Å²) in [7, 11) is 0. The second kappa shape index (κ2) is 7.93. The van der Waals surface area contributed by atoms with Gasteiger partial charge in [-0.25, -0.2) is 4.98 Å². The topological polar surface area (TPSA) is 61.2 Å². The van der Waals surface area contributed by atoms with E-state index in [1.165, 1.54) is 38.9 Å². The van der Waals surface area contributed by atoms with Crippen LogP contribution < -0.4 is 0 Å². The number of carbonyl (C=O) groups excluding carboxylic acids is 2. The standard InChI is InChI=1S/C29H38N2O3/c1-18(33)34-21-10-12-28(2)20(15-21)8-9-22-23(28)11-13-29(3)24(22)14-19(16-32)27(29)31-17-30-25-6-4-5-7-26(25)31/h4-7,16-17,19-24,27H,8-15H2,1-3H3/t19?,20?,21-,22?,23?,24?,27-,28-,29-/m0/s1. The van der Waals surface area contributed by atoms with Crippen LogP contribution in [0.4, 0.5) is 0 Å². The summed E-state index contributed by atoms with van der Waals surface area (Å²) >= 11 is 0. The minimum absolute atomic E-state index is 0.0524. The molecule has 1 heterocycles. The van der Waals surface area contributed by atoms with Gasteiger partial charge in [0.1, 0.15) is 12.4 Å². The number of aromatic nitrogens is 2. The van der Waals surface area contributed by atoms with E-state index in [9.17, 15) is 9.59 Å². The SMILES string of the molecule is CC(=O)O[C@H]1CC[C@@]2(C)C(CCC3C2CC[C@@]2(C)C3CC(C=O)[C@@H]2n2cnc3ccccc32)C1. The molecule has 4 aliphatic rings. The normalized spacial score (nSPS) is 43.6. The first kappa shape index (κ1) is 22.3. The maximum absolute atomic E-state index is 12.4. The number of carbonyl (C=O) groups is 2. The fourth-order valence-electron chi connectivity index (χ4n) is 9.48. The summed E-state index contributed by atoms with van der Waals surface area (Å²) in [6.07, 6.45) is 12.4. The monoisotopic (exact) mass is 462 g/mol. The third kappa shape index (κ3) is 3.14. The van der Waals surface area contributed by atoms with Gasteiger partial charge in [-0.3, -0.25) is 4.79 Å². The van der Waals surface area contributed by atoms with Crippen LogP contribution in [0.1, 0.15) is 78.2 Å². The van der Waals surface area contributed by atoms with E-state index in [0.29, 0.717) is 29.1 Å². The summed E-state index contributed by atoms with van der Waals surface area (Å²) in [4.78, 5) is 28.7. The molecular weight excluding hydrogens is 424 g/mol. The van der Waals surface area contributed by atoms with Gasteiger partial charge >= 0.3 is 5.97 Å². The smallest absolute Gasteiger partial charge is 0.302 e. The number of hydrogen-bond acceptors (Lipinski definition) is 4. The first-order chi connectivity index (χ1) is 16.3. The van der Waals surface area contributed by atoms with Crippen molar-refractivity contribution in [2.75, 3.05) is 0 Å². The van der Waals surface area contributed by atoms with Gasteiger partial charge in [0.2, 0.25) is 0 Å². The summed E-state index contributed by atoms with van der Waals surface area (Å²) in [6, 6.07) is 8.53.